The average molecular weight is 433 g/mol. The van der Waals surface area contributed by atoms with Crippen LogP contribution in [0, 0.1) is 17.0 Å². The van der Waals surface area contributed by atoms with Gasteiger partial charge in [-0.25, -0.2) is 5.43 Å². The van der Waals surface area contributed by atoms with Crippen molar-refractivity contribution in [2.75, 3.05) is 7.11 Å². The van der Waals surface area contributed by atoms with Crippen molar-refractivity contribution in [1.29, 1.82) is 0 Å². The van der Waals surface area contributed by atoms with Gasteiger partial charge in [-0.2, -0.15) is 5.10 Å². The number of nitrogens with zero attached hydrogens (tertiary/aromatic N) is 2. The first-order chi connectivity index (χ1) is 15.5. The zero-order valence-corrected chi connectivity index (χ0v) is 17.8. The van der Waals surface area contributed by atoms with E-state index in [9.17, 15) is 14.9 Å². The molecule has 8 nitrogen and oxygen atoms in total. The number of amides is 1. The molecular weight excluding hydrogens is 410 g/mol. The number of hydrogen-bond acceptors (Lipinski definition) is 6. The van der Waals surface area contributed by atoms with E-state index in [2.05, 4.69) is 16.6 Å². The van der Waals surface area contributed by atoms with E-state index in [1.54, 1.807) is 43.5 Å². The Hall–Kier alpha value is -4.20. The minimum absolute atomic E-state index is 0.0994. The summed E-state index contributed by atoms with van der Waals surface area (Å²) in [5.41, 5.74) is 5.51. The number of rotatable bonds is 9. The first-order valence-corrected chi connectivity index (χ1v) is 9.87. The molecule has 3 rings (SSSR count). The van der Waals surface area contributed by atoms with Crippen LogP contribution < -0.4 is 14.9 Å². The molecule has 3 aromatic rings. The van der Waals surface area contributed by atoms with Crippen molar-refractivity contribution in [3.05, 3.63) is 99.1 Å². The van der Waals surface area contributed by atoms with Gasteiger partial charge in [0.05, 0.1) is 24.7 Å². The number of ether oxygens (including phenoxy) is 2. The van der Waals surface area contributed by atoms with Crippen molar-refractivity contribution in [2.24, 2.45) is 5.10 Å². The molecule has 0 fully saturated rings. The molecule has 0 saturated heterocycles. The Bertz CT molecular complexity index is 1140. The third-order valence-corrected chi connectivity index (χ3v) is 4.61. The largest absolute Gasteiger partial charge is 0.493 e. The lowest BCUT2D eigenvalue weighted by molar-refractivity contribution is -0.385. The predicted octanol–water partition coefficient (Wildman–Crippen LogP) is 4.18. The van der Waals surface area contributed by atoms with Crippen LogP contribution in [-0.2, 0) is 17.8 Å². The summed E-state index contributed by atoms with van der Waals surface area (Å²) in [5, 5.41) is 15.0. The Labute approximate surface area is 185 Å². The van der Waals surface area contributed by atoms with Crippen molar-refractivity contribution in [1.82, 2.24) is 5.43 Å². The Morgan fingerprint density at radius 2 is 1.91 bits per heavy atom. The highest BCUT2D eigenvalue weighted by Crippen LogP contribution is 2.28. The highest BCUT2D eigenvalue weighted by molar-refractivity contribution is 5.84. The zero-order valence-electron chi connectivity index (χ0n) is 17.8. The molecule has 1 N–H and O–H groups in total. The lowest BCUT2D eigenvalue weighted by Crippen LogP contribution is -2.20. The predicted molar refractivity (Wildman–Crippen MR) is 121 cm³/mol. The third-order valence-electron chi connectivity index (χ3n) is 4.61. The molecule has 0 aliphatic heterocycles. The molecule has 0 spiro atoms. The van der Waals surface area contributed by atoms with E-state index < -0.39 is 10.8 Å². The fourth-order valence-corrected chi connectivity index (χ4v) is 3.08. The maximum atomic E-state index is 12.1. The van der Waals surface area contributed by atoms with Crippen molar-refractivity contribution in [2.45, 2.75) is 20.0 Å². The number of carbonyl (C=O) groups is 1. The normalized spacial score (nSPS) is 10.7. The van der Waals surface area contributed by atoms with Crippen LogP contribution in [0.2, 0.25) is 0 Å². The molecule has 32 heavy (non-hydrogen) atoms. The molecule has 1 amide bonds. The Kier molecular flexibility index (Phi) is 7.53. The SMILES string of the molecule is COc1cc(/C=N/NC(=O)Cc2ccccc2[N+](=O)[O-])ccc1OCc1cccc(C)c1. The quantitative estimate of drug-likeness (QED) is 0.310. The highest BCUT2D eigenvalue weighted by Gasteiger charge is 2.15. The van der Waals surface area contributed by atoms with Gasteiger partial charge >= 0.3 is 0 Å². The van der Waals surface area contributed by atoms with E-state index in [1.807, 2.05) is 25.1 Å². The Balaban J connectivity index is 1.60. The topological polar surface area (TPSA) is 103 Å². The number of nitro groups is 1. The number of nitro benzene ring substituents is 1. The summed E-state index contributed by atoms with van der Waals surface area (Å²) >= 11 is 0. The van der Waals surface area contributed by atoms with E-state index >= 15 is 0 Å². The maximum absolute atomic E-state index is 12.1. The van der Waals surface area contributed by atoms with Crippen LogP contribution in [0.15, 0.2) is 71.8 Å². The minimum Gasteiger partial charge on any atom is -0.493 e. The van der Waals surface area contributed by atoms with Gasteiger partial charge in [0.1, 0.15) is 6.61 Å². The lowest BCUT2D eigenvalue weighted by atomic mass is 10.1. The van der Waals surface area contributed by atoms with Crippen LogP contribution in [0.3, 0.4) is 0 Å². The monoisotopic (exact) mass is 433 g/mol. The van der Waals surface area contributed by atoms with Crippen molar-refractivity contribution < 1.29 is 19.2 Å². The van der Waals surface area contributed by atoms with Gasteiger partial charge in [-0.1, -0.05) is 48.0 Å². The van der Waals surface area contributed by atoms with Gasteiger partial charge in [0.25, 0.3) is 5.69 Å². The summed E-state index contributed by atoms with van der Waals surface area (Å²) in [7, 11) is 1.55. The second-order valence-electron chi connectivity index (χ2n) is 7.04. The van der Waals surface area contributed by atoms with E-state index in [0.717, 1.165) is 11.1 Å². The summed E-state index contributed by atoms with van der Waals surface area (Å²) in [6.45, 7) is 2.44. The van der Waals surface area contributed by atoms with Gasteiger partial charge in [-0.15, -0.1) is 0 Å². The molecule has 3 aromatic carbocycles. The van der Waals surface area contributed by atoms with Crippen molar-refractivity contribution >= 4 is 17.8 Å². The number of nitrogens with one attached hydrogen (secondary N) is 1. The van der Waals surface area contributed by atoms with E-state index in [4.69, 9.17) is 9.47 Å². The average Bonchev–Trinajstić information content (AvgIpc) is 2.78. The minimum atomic E-state index is -0.513. The first kappa shape index (κ1) is 22.5. The van der Waals surface area contributed by atoms with E-state index in [0.29, 0.717) is 29.2 Å². The van der Waals surface area contributed by atoms with Crippen LogP contribution in [0.4, 0.5) is 5.69 Å². The zero-order chi connectivity index (χ0) is 22.9. The summed E-state index contributed by atoms with van der Waals surface area (Å²) in [6.07, 6.45) is 1.31. The van der Waals surface area contributed by atoms with Crippen LogP contribution in [-0.4, -0.2) is 24.2 Å². The highest BCUT2D eigenvalue weighted by atomic mass is 16.6. The fourth-order valence-electron chi connectivity index (χ4n) is 3.08. The Morgan fingerprint density at radius 3 is 2.66 bits per heavy atom. The smallest absolute Gasteiger partial charge is 0.273 e. The van der Waals surface area contributed by atoms with Gasteiger partial charge in [-0.05, 0) is 36.2 Å². The summed E-state index contributed by atoms with van der Waals surface area (Å²) in [4.78, 5) is 22.6. The summed E-state index contributed by atoms with van der Waals surface area (Å²) < 4.78 is 11.3. The number of methoxy groups -OCH3 is 1. The molecule has 0 heterocycles. The molecule has 0 saturated carbocycles. The third kappa shape index (κ3) is 6.15. The molecule has 8 heteroatoms. The molecule has 0 aliphatic rings. The van der Waals surface area contributed by atoms with Gasteiger partial charge in [0.2, 0.25) is 5.91 Å². The van der Waals surface area contributed by atoms with Gasteiger partial charge in [-0.3, -0.25) is 14.9 Å². The van der Waals surface area contributed by atoms with E-state index in [1.165, 1.54) is 12.3 Å². The summed E-state index contributed by atoms with van der Waals surface area (Å²) in [5.74, 6) is 0.667. The second-order valence-corrected chi connectivity index (χ2v) is 7.04. The molecule has 0 unspecified atom stereocenters. The van der Waals surface area contributed by atoms with Crippen LogP contribution in [0.25, 0.3) is 0 Å². The van der Waals surface area contributed by atoms with Crippen molar-refractivity contribution in [3.8, 4) is 11.5 Å². The van der Waals surface area contributed by atoms with Crippen molar-refractivity contribution in [3.63, 3.8) is 0 Å². The fraction of sp³-hybridized carbons (Fsp3) is 0.167. The molecule has 164 valence electrons. The molecule has 0 aromatic heterocycles. The molecule has 0 bridgehead atoms. The van der Waals surface area contributed by atoms with Gasteiger partial charge in [0, 0.05) is 11.6 Å². The van der Waals surface area contributed by atoms with Crippen LogP contribution >= 0.6 is 0 Å². The lowest BCUT2D eigenvalue weighted by Gasteiger charge is -2.11. The van der Waals surface area contributed by atoms with E-state index in [-0.39, 0.29) is 12.1 Å². The number of hydrazone groups is 1. The maximum Gasteiger partial charge on any atom is 0.273 e. The molecule has 0 radical (unpaired) electrons. The number of benzene rings is 3. The molecular formula is C24H23N3O5. The van der Waals surface area contributed by atoms with Gasteiger partial charge < -0.3 is 9.47 Å². The molecule has 0 aliphatic carbocycles. The van der Waals surface area contributed by atoms with Crippen LogP contribution in [0.1, 0.15) is 22.3 Å². The summed E-state index contributed by atoms with van der Waals surface area (Å²) in [6, 6.07) is 19.5. The van der Waals surface area contributed by atoms with Gasteiger partial charge in [0.15, 0.2) is 11.5 Å². The second kappa shape index (κ2) is 10.7. The standard InChI is InChI=1S/C24H23N3O5/c1-17-6-5-7-19(12-17)16-32-22-11-10-18(13-23(22)31-2)15-25-26-24(28)14-20-8-3-4-9-21(20)27(29)30/h3-13,15H,14,16H2,1-2H3,(H,26,28)/b25-15+. The number of carbonyl (C=O) groups excluding carboxylic acids is 1. The first-order valence-electron chi connectivity index (χ1n) is 9.87. The van der Waals surface area contributed by atoms with Crippen LogP contribution in [0.5, 0.6) is 11.5 Å². The molecule has 0 atom stereocenters. The number of para-hydroxylation sites is 1. The Morgan fingerprint density at radius 1 is 1.09 bits per heavy atom. The number of hydrogen-bond donors (Lipinski definition) is 1. The number of aryl methyl sites for hydroxylation is 1.